The number of rotatable bonds is 20. The minimum Gasteiger partial charge on any atom is -0.374 e. The van der Waals surface area contributed by atoms with Gasteiger partial charge in [0.15, 0.2) is 6.29 Å². The zero-order valence-electron chi connectivity index (χ0n) is 41.3. The summed E-state index contributed by atoms with van der Waals surface area (Å²) in [4.78, 5) is 0. The molecule has 13 atom stereocenters. The maximum absolute atomic E-state index is 7.35. The van der Waals surface area contributed by atoms with Crippen LogP contribution in [0, 0.1) is 46.3 Å². The van der Waals surface area contributed by atoms with Crippen LogP contribution in [0.15, 0.2) is 133 Å². The van der Waals surface area contributed by atoms with Crippen LogP contribution in [-0.2, 0) is 54.8 Å². The van der Waals surface area contributed by atoms with Crippen molar-refractivity contribution < 1.29 is 28.4 Å². The van der Waals surface area contributed by atoms with Gasteiger partial charge in [0.25, 0.3) is 0 Å². The van der Waals surface area contributed by atoms with Crippen LogP contribution >= 0.6 is 0 Å². The van der Waals surface area contributed by atoms with Gasteiger partial charge in [-0.15, -0.1) is 0 Å². The summed E-state index contributed by atoms with van der Waals surface area (Å²) in [5.74, 6) is 4.89. The van der Waals surface area contributed by atoms with E-state index in [2.05, 4.69) is 138 Å². The molecular formula is C61H80O6. The van der Waals surface area contributed by atoms with E-state index >= 15 is 0 Å². The Morgan fingerprint density at radius 3 is 1.76 bits per heavy atom. The SMILES string of the molecule is CC(C)CCC[C@@H](C)[C@H]1CC[C@H]2[C@@H]3CC=C4CC(O[C@H]5O[C@H](COCc6ccccc6)[C@@H](OCc6ccccc6)[C@H](OCc6ccccc6)[C@H]5OCc5ccccc5)CC[C@]4(C)[C@H]3CC[C@]12C. The zero-order valence-corrected chi connectivity index (χ0v) is 41.3. The second-order valence-electron chi connectivity index (χ2n) is 22.1. The minimum atomic E-state index is -0.689. The van der Waals surface area contributed by atoms with Crippen LogP contribution in [0.1, 0.15) is 128 Å². The topological polar surface area (TPSA) is 55.4 Å². The van der Waals surface area contributed by atoms with E-state index in [4.69, 9.17) is 28.4 Å². The van der Waals surface area contributed by atoms with Crippen molar-refractivity contribution in [3.05, 3.63) is 155 Å². The number of allylic oxidation sites excluding steroid dienone is 1. The van der Waals surface area contributed by atoms with E-state index in [1.165, 1.54) is 51.4 Å². The van der Waals surface area contributed by atoms with Crippen molar-refractivity contribution in [1.82, 2.24) is 0 Å². The molecular weight excluding hydrogens is 829 g/mol. The van der Waals surface area contributed by atoms with E-state index in [0.29, 0.717) is 38.4 Å². The minimum absolute atomic E-state index is 0.00236. The molecule has 67 heavy (non-hydrogen) atoms. The largest absolute Gasteiger partial charge is 0.374 e. The van der Waals surface area contributed by atoms with Crippen LogP contribution in [0.4, 0.5) is 0 Å². The molecule has 6 heteroatoms. The Balaban J connectivity index is 0.963. The third kappa shape index (κ3) is 11.4. The molecule has 5 aliphatic rings. The fourth-order valence-electron chi connectivity index (χ4n) is 13.8. The summed E-state index contributed by atoms with van der Waals surface area (Å²) in [6.45, 7) is 14.7. The first-order chi connectivity index (χ1) is 32.7. The molecule has 4 fully saturated rings. The monoisotopic (exact) mass is 909 g/mol. The molecule has 0 aromatic heterocycles. The van der Waals surface area contributed by atoms with Crippen LogP contribution in [0.3, 0.4) is 0 Å². The Morgan fingerprint density at radius 1 is 0.597 bits per heavy atom. The number of ether oxygens (including phenoxy) is 6. The second-order valence-corrected chi connectivity index (χ2v) is 22.1. The predicted octanol–water partition coefficient (Wildman–Crippen LogP) is 14.1. The van der Waals surface area contributed by atoms with Crippen LogP contribution in [0.2, 0.25) is 0 Å². The van der Waals surface area contributed by atoms with Gasteiger partial charge in [0, 0.05) is 0 Å². The summed E-state index contributed by atoms with van der Waals surface area (Å²) >= 11 is 0. The van der Waals surface area contributed by atoms with Gasteiger partial charge < -0.3 is 28.4 Å². The third-order valence-corrected chi connectivity index (χ3v) is 17.4. The van der Waals surface area contributed by atoms with Crippen LogP contribution in [0.5, 0.6) is 0 Å². The van der Waals surface area contributed by atoms with E-state index < -0.39 is 30.7 Å². The number of hydrogen-bond donors (Lipinski definition) is 0. The van der Waals surface area contributed by atoms with Crippen molar-refractivity contribution in [2.45, 2.75) is 168 Å². The summed E-state index contributed by atoms with van der Waals surface area (Å²) in [7, 11) is 0. The Morgan fingerprint density at radius 2 is 1.16 bits per heavy atom. The molecule has 1 aliphatic heterocycles. The van der Waals surface area contributed by atoms with Gasteiger partial charge in [-0.1, -0.05) is 187 Å². The van der Waals surface area contributed by atoms with Gasteiger partial charge in [0.1, 0.15) is 24.4 Å². The van der Waals surface area contributed by atoms with Crippen molar-refractivity contribution in [1.29, 1.82) is 0 Å². The summed E-state index contributed by atoms with van der Waals surface area (Å²) in [5.41, 5.74) is 6.70. The van der Waals surface area contributed by atoms with Gasteiger partial charge in [0.2, 0.25) is 0 Å². The normalized spacial score (nSPS) is 33.1. The summed E-state index contributed by atoms with van der Waals surface area (Å²) in [5, 5.41) is 0. The van der Waals surface area contributed by atoms with E-state index in [9.17, 15) is 0 Å². The fourth-order valence-corrected chi connectivity index (χ4v) is 13.8. The number of benzene rings is 4. The molecule has 4 aliphatic carbocycles. The van der Waals surface area contributed by atoms with Gasteiger partial charge >= 0.3 is 0 Å². The first kappa shape index (κ1) is 48.4. The highest BCUT2D eigenvalue weighted by atomic mass is 16.7. The average molecular weight is 909 g/mol. The lowest BCUT2D eigenvalue weighted by Gasteiger charge is -2.58. The third-order valence-electron chi connectivity index (χ3n) is 17.4. The Hall–Kier alpha value is -3.62. The molecule has 0 radical (unpaired) electrons. The van der Waals surface area contributed by atoms with E-state index in [1.807, 2.05) is 24.3 Å². The highest BCUT2D eigenvalue weighted by Crippen LogP contribution is 2.67. The maximum Gasteiger partial charge on any atom is 0.187 e. The fraction of sp³-hybridized carbons (Fsp3) is 0.574. The van der Waals surface area contributed by atoms with Crippen molar-refractivity contribution >= 4 is 0 Å². The van der Waals surface area contributed by atoms with Crippen LogP contribution < -0.4 is 0 Å². The lowest BCUT2D eigenvalue weighted by atomic mass is 9.47. The Bertz CT molecular complexity index is 2130. The molecule has 4 aromatic carbocycles. The molecule has 360 valence electrons. The molecule has 1 saturated heterocycles. The molecule has 1 heterocycles. The van der Waals surface area contributed by atoms with Crippen molar-refractivity contribution in [3.63, 3.8) is 0 Å². The highest BCUT2D eigenvalue weighted by molar-refractivity contribution is 5.26. The van der Waals surface area contributed by atoms with Crippen molar-refractivity contribution in [2.75, 3.05) is 6.61 Å². The summed E-state index contributed by atoms with van der Waals surface area (Å²) in [6.07, 6.45) is 14.0. The average Bonchev–Trinajstić information content (AvgIpc) is 3.71. The lowest BCUT2D eigenvalue weighted by Crippen LogP contribution is -2.62. The van der Waals surface area contributed by atoms with Gasteiger partial charge in [-0.25, -0.2) is 0 Å². The molecule has 0 spiro atoms. The zero-order chi connectivity index (χ0) is 46.2. The van der Waals surface area contributed by atoms with E-state index in [0.717, 1.165) is 77.0 Å². The quantitative estimate of drug-likeness (QED) is 0.0824. The van der Waals surface area contributed by atoms with Crippen LogP contribution in [0.25, 0.3) is 0 Å². The van der Waals surface area contributed by atoms with Gasteiger partial charge in [-0.3, -0.25) is 0 Å². The molecule has 1 unspecified atom stereocenters. The Labute approximate surface area is 403 Å². The van der Waals surface area contributed by atoms with E-state index in [-0.39, 0.29) is 11.5 Å². The van der Waals surface area contributed by atoms with Crippen molar-refractivity contribution in [2.24, 2.45) is 46.3 Å². The molecule has 9 rings (SSSR count). The first-order valence-corrected chi connectivity index (χ1v) is 26.3. The molecule has 3 saturated carbocycles. The van der Waals surface area contributed by atoms with Crippen molar-refractivity contribution in [3.8, 4) is 0 Å². The predicted molar refractivity (Wildman–Crippen MR) is 268 cm³/mol. The number of fused-ring (bicyclic) bond motifs is 5. The van der Waals surface area contributed by atoms with Gasteiger partial charge in [0.05, 0.1) is 39.1 Å². The smallest absolute Gasteiger partial charge is 0.187 e. The first-order valence-electron chi connectivity index (χ1n) is 26.3. The highest BCUT2D eigenvalue weighted by Gasteiger charge is 2.59. The second kappa shape index (κ2) is 22.4. The summed E-state index contributed by atoms with van der Waals surface area (Å²) < 4.78 is 42.1. The maximum atomic E-state index is 7.35. The molecule has 0 N–H and O–H groups in total. The Kier molecular flexibility index (Phi) is 16.2. The van der Waals surface area contributed by atoms with Gasteiger partial charge in [-0.2, -0.15) is 0 Å². The molecule has 4 aromatic rings. The van der Waals surface area contributed by atoms with E-state index in [1.54, 1.807) is 5.57 Å². The molecule has 0 amide bonds. The summed E-state index contributed by atoms with van der Waals surface area (Å²) in [6, 6.07) is 41.5. The number of hydrogen-bond acceptors (Lipinski definition) is 6. The standard InChI is InChI=1S/C61H80O6/c1-43(2)19-18-20-44(3)52-31-32-53-51-30-29-49-37-50(33-35-60(49,4)54(51)34-36-61(52,53)5)66-59-58(65-41-48-27-16-9-17-28-48)57(64-40-47-25-14-8-15-26-47)56(63-39-46-23-12-7-13-24-46)55(67-59)42-62-38-45-21-10-6-11-22-45/h6-17,21-29,43-44,50-59H,18-20,30-42H2,1-5H3/t44-,50?,51+,52-,53+,54+,55-,56-,57+,58-,59+,60+,61-/m1/s1. The molecule has 0 bridgehead atoms. The lowest BCUT2D eigenvalue weighted by molar-refractivity contribution is -0.337. The van der Waals surface area contributed by atoms with Gasteiger partial charge in [-0.05, 0) is 120 Å². The van der Waals surface area contributed by atoms with Crippen LogP contribution in [-0.4, -0.2) is 43.4 Å². The molecule has 6 nitrogen and oxygen atoms in total.